The monoisotopic (exact) mass is 322 g/mol. The highest BCUT2D eigenvalue weighted by Gasteiger charge is 2.25. The standard InChI is InChI=1S/C20H18O4/c1-2-23-20(22)18(21)17-13-16(14-9-5-3-6-10-14)19(24-17)15-11-7-4-8-12-15/h3-13,18,21H,2H2,1H3/t18-/m1/s1. The summed E-state index contributed by atoms with van der Waals surface area (Å²) in [5.74, 6) is 0.0665. The molecular formula is C20H18O4. The highest BCUT2D eigenvalue weighted by atomic mass is 16.5. The first-order valence-electron chi connectivity index (χ1n) is 7.80. The van der Waals surface area contributed by atoms with Gasteiger partial charge in [0.05, 0.1) is 6.61 Å². The maximum absolute atomic E-state index is 11.8. The van der Waals surface area contributed by atoms with E-state index < -0.39 is 12.1 Å². The Kier molecular flexibility index (Phi) is 4.77. The smallest absolute Gasteiger partial charge is 0.342 e. The number of hydrogen-bond donors (Lipinski definition) is 1. The van der Waals surface area contributed by atoms with E-state index in [1.54, 1.807) is 13.0 Å². The number of carbonyl (C=O) groups excluding carboxylic acids is 1. The first kappa shape index (κ1) is 16.0. The lowest BCUT2D eigenvalue weighted by Crippen LogP contribution is -2.14. The van der Waals surface area contributed by atoms with Crippen molar-refractivity contribution in [1.82, 2.24) is 0 Å². The van der Waals surface area contributed by atoms with Gasteiger partial charge in [-0.15, -0.1) is 0 Å². The molecule has 0 amide bonds. The van der Waals surface area contributed by atoms with Crippen LogP contribution in [-0.2, 0) is 9.53 Å². The van der Waals surface area contributed by atoms with Crippen molar-refractivity contribution in [1.29, 1.82) is 0 Å². The fraction of sp³-hybridized carbons (Fsp3) is 0.150. The normalized spacial score (nSPS) is 11.9. The number of rotatable bonds is 5. The van der Waals surface area contributed by atoms with Crippen LogP contribution in [0.3, 0.4) is 0 Å². The van der Waals surface area contributed by atoms with E-state index in [1.807, 2.05) is 60.7 Å². The van der Waals surface area contributed by atoms with Crippen LogP contribution in [0, 0.1) is 0 Å². The van der Waals surface area contributed by atoms with E-state index in [4.69, 9.17) is 9.15 Å². The third kappa shape index (κ3) is 3.24. The third-order valence-corrected chi connectivity index (χ3v) is 3.65. The molecule has 4 heteroatoms. The molecule has 1 aromatic heterocycles. The van der Waals surface area contributed by atoms with Crippen molar-refractivity contribution in [3.8, 4) is 22.5 Å². The van der Waals surface area contributed by atoms with E-state index in [0.717, 1.165) is 16.7 Å². The van der Waals surface area contributed by atoms with E-state index in [9.17, 15) is 9.90 Å². The molecule has 1 heterocycles. The maximum atomic E-state index is 11.8. The molecule has 0 aliphatic heterocycles. The molecule has 2 aromatic carbocycles. The molecule has 0 saturated heterocycles. The zero-order chi connectivity index (χ0) is 16.9. The number of aliphatic hydroxyl groups is 1. The molecule has 1 atom stereocenters. The maximum Gasteiger partial charge on any atom is 0.342 e. The third-order valence-electron chi connectivity index (χ3n) is 3.65. The van der Waals surface area contributed by atoms with E-state index in [-0.39, 0.29) is 12.4 Å². The number of aliphatic hydroxyl groups excluding tert-OH is 1. The fourth-order valence-corrected chi connectivity index (χ4v) is 2.52. The summed E-state index contributed by atoms with van der Waals surface area (Å²) in [5, 5.41) is 10.2. The van der Waals surface area contributed by atoms with Crippen LogP contribution < -0.4 is 0 Å². The van der Waals surface area contributed by atoms with Crippen LogP contribution in [0.15, 0.2) is 71.1 Å². The van der Waals surface area contributed by atoms with E-state index in [2.05, 4.69) is 0 Å². The first-order valence-corrected chi connectivity index (χ1v) is 7.80. The molecule has 0 unspecified atom stereocenters. The van der Waals surface area contributed by atoms with Crippen molar-refractivity contribution in [3.63, 3.8) is 0 Å². The number of hydrogen-bond acceptors (Lipinski definition) is 4. The predicted octanol–water partition coefficient (Wildman–Crippen LogP) is 4.21. The van der Waals surface area contributed by atoms with Gasteiger partial charge in [-0.25, -0.2) is 4.79 Å². The molecule has 0 bridgehead atoms. The second-order valence-corrected chi connectivity index (χ2v) is 5.28. The van der Waals surface area contributed by atoms with Gasteiger partial charge in [0.25, 0.3) is 0 Å². The molecule has 3 aromatic rings. The van der Waals surface area contributed by atoms with Crippen LogP contribution in [-0.4, -0.2) is 17.7 Å². The minimum absolute atomic E-state index is 0.172. The van der Waals surface area contributed by atoms with Gasteiger partial charge in [-0.05, 0) is 18.6 Å². The minimum Gasteiger partial charge on any atom is -0.464 e. The highest BCUT2D eigenvalue weighted by molar-refractivity contribution is 5.82. The summed E-state index contributed by atoms with van der Waals surface area (Å²) in [5.41, 5.74) is 2.64. The molecule has 0 radical (unpaired) electrons. The summed E-state index contributed by atoms with van der Waals surface area (Å²) in [6.45, 7) is 1.89. The Labute approximate surface area is 140 Å². The van der Waals surface area contributed by atoms with Crippen molar-refractivity contribution in [2.24, 2.45) is 0 Å². The van der Waals surface area contributed by atoms with Crippen molar-refractivity contribution < 1.29 is 19.1 Å². The van der Waals surface area contributed by atoms with Gasteiger partial charge >= 0.3 is 5.97 Å². The molecule has 122 valence electrons. The number of ether oxygens (including phenoxy) is 1. The predicted molar refractivity (Wildman–Crippen MR) is 91.2 cm³/mol. The number of benzene rings is 2. The topological polar surface area (TPSA) is 59.7 Å². The lowest BCUT2D eigenvalue weighted by atomic mass is 10.0. The number of carbonyl (C=O) groups is 1. The molecule has 0 saturated carbocycles. The Morgan fingerprint density at radius 3 is 2.21 bits per heavy atom. The van der Waals surface area contributed by atoms with Gasteiger partial charge in [0.15, 0.2) is 0 Å². The molecule has 0 aliphatic rings. The SMILES string of the molecule is CCOC(=O)[C@H](O)c1cc(-c2ccccc2)c(-c2ccccc2)o1. The quantitative estimate of drug-likeness (QED) is 0.715. The Hall–Kier alpha value is -2.85. The van der Waals surface area contributed by atoms with Crippen molar-refractivity contribution >= 4 is 5.97 Å². The second-order valence-electron chi connectivity index (χ2n) is 5.28. The number of furan rings is 1. The minimum atomic E-state index is -1.44. The Bertz CT molecular complexity index is 749. The molecule has 3 rings (SSSR count). The summed E-state index contributed by atoms with van der Waals surface area (Å²) in [7, 11) is 0. The Morgan fingerprint density at radius 1 is 1.04 bits per heavy atom. The van der Waals surface area contributed by atoms with Crippen LogP contribution in [0.2, 0.25) is 0 Å². The van der Waals surface area contributed by atoms with Crippen LogP contribution in [0.1, 0.15) is 18.8 Å². The van der Waals surface area contributed by atoms with E-state index >= 15 is 0 Å². The zero-order valence-corrected chi connectivity index (χ0v) is 13.3. The van der Waals surface area contributed by atoms with Gasteiger partial charge < -0.3 is 14.3 Å². The summed E-state index contributed by atoms with van der Waals surface area (Å²) in [4.78, 5) is 11.8. The van der Waals surface area contributed by atoms with Gasteiger partial charge in [-0.1, -0.05) is 60.7 Å². The van der Waals surface area contributed by atoms with Gasteiger partial charge in [-0.2, -0.15) is 0 Å². The average molecular weight is 322 g/mol. The largest absolute Gasteiger partial charge is 0.464 e. The summed E-state index contributed by atoms with van der Waals surface area (Å²) >= 11 is 0. The van der Waals surface area contributed by atoms with Crippen LogP contribution in [0.25, 0.3) is 22.5 Å². The van der Waals surface area contributed by atoms with Crippen molar-refractivity contribution in [3.05, 3.63) is 72.5 Å². The van der Waals surface area contributed by atoms with Crippen molar-refractivity contribution in [2.75, 3.05) is 6.61 Å². The lowest BCUT2D eigenvalue weighted by Gasteiger charge is -2.06. The van der Waals surface area contributed by atoms with Gasteiger partial charge in [-0.3, -0.25) is 0 Å². The molecule has 24 heavy (non-hydrogen) atoms. The lowest BCUT2D eigenvalue weighted by molar-refractivity contribution is -0.154. The Morgan fingerprint density at radius 2 is 1.62 bits per heavy atom. The molecule has 0 fully saturated rings. The highest BCUT2D eigenvalue weighted by Crippen LogP contribution is 2.37. The molecular weight excluding hydrogens is 304 g/mol. The van der Waals surface area contributed by atoms with Crippen molar-refractivity contribution in [2.45, 2.75) is 13.0 Å². The van der Waals surface area contributed by atoms with Crippen LogP contribution in [0.4, 0.5) is 0 Å². The zero-order valence-electron chi connectivity index (χ0n) is 13.3. The fourth-order valence-electron chi connectivity index (χ4n) is 2.52. The summed E-state index contributed by atoms with van der Waals surface area (Å²) < 4.78 is 10.7. The van der Waals surface area contributed by atoms with Gasteiger partial charge in [0.2, 0.25) is 6.10 Å². The molecule has 4 nitrogen and oxygen atoms in total. The molecule has 1 N–H and O–H groups in total. The second kappa shape index (κ2) is 7.15. The molecule has 0 aliphatic carbocycles. The average Bonchev–Trinajstić information content (AvgIpc) is 3.08. The van der Waals surface area contributed by atoms with Crippen LogP contribution >= 0.6 is 0 Å². The summed E-state index contributed by atoms with van der Waals surface area (Å²) in [6, 6.07) is 21.0. The van der Waals surface area contributed by atoms with E-state index in [0.29, 0.717) is 5.76 Å². The first-order chi connectivity index (χ1) is 11.7. The van der Waals surface area contributed by atoms with Crippen LogP contribution in [0.5, 0.6) is 0 Å². The number of esters is 1. The summed E-state index contributed by atoms with van der Waals surface area (Å²) in [6.07, 6.45) is -1.44. The molecule has 0 spiro atoms. The van der Waals surface area contributed by atoms with Gasteiger partial charge in [0, 0.05) is 11.1 Å². The van der Waals surface area contributed by atoms with E-state index in [1.165, 1.54) is 0 Å². The Balaban J connectivity index is 2.08. The van der Waals surface area contributed by atoms with Gasteiger partial charge in [0.1, 0.15) is 11.5 Å².